The number of halogens is 1. The number of ether oxygens (including phenoxy) is 1. The molecule has 0 bridgehead atoms. The fraction of sp³-hybridized carbons (Fsp3) is 0.0625. The largest absolute Gasteiger partial charge is 0.458 e. The average Bonchev–Trinajstić information content (AvgIpc) is 2.52. The Morgan fingerprint density at radius 3 is 2.64 bits per heavy atom. The van der Waals surface area contributed by atoms with Crippen molar-refractivity contribution in [3.05, 3.63) is 81.7 Å². The molecule has 0 fully saturated rings. The van der Waals surface area contributed by atoms with Gasteiger partial charge in [0.1, 0.15) is 12.4 Å². The number of benzene rings is 2. The third-order valence-corrected chi connectivity index (χ3v) is 2.79. The Bertz CT molecular complexity index is 710. The van der Waals surface area contributed by atoms with Crippen molar-refractivity contribution in [3.63, 3.8) is 0 Å². The molecule has 0 spiro atoms. The van der Waals surface area contributed by atoms with Gasteiger partial charge in [-0.3, -0.25) is 10.1 Å². The van der Waals surface area contributed by atoms with Crippen molar-refractivity contribution in [2.45, 2.75) is 6.61 Å². The van der Waals surface area contributed by atoms with Crippen molar-refractivity contribution >= 4 is 17.7 Å². The molecule has 0 N–H and O–H groups in total. The van der Waals surface area contributed by atoms with E-state index in [1.54, 1.807) is 6.07 Å². The first kappa shape index (κ1) is 15.4. The fourth-order valence-electron chi connectivity index (χ4n) is 1.69. The van der Waals surface area contributed by atoms with Crippen LogP contribution in [0.5, 0.6) is 0 Å². The van der Waals surface area contributed by atoms with E-state index >= 15 is 0 Å². The summed E-state index contributed by atoms with van der Waals surface area (Å²) in [7, 11) is 0. The van der Waals surface area contributed by atoms with E-state index in [2.05, 4.69) is 0 Å². The molecule has 112 valence electrons. The highest BCUT2D eigenvalue weighted by Crippen LogP contribution is 2.14. The molecule has 0 heterocycles. The number of rotatable bonds is 5. The zero-order valence-corrected chi connectivity index (χ0v) is 11.4. The summed E-state index contributed by atoms with van der Waals surface area (Å²) in [6.45, 7) is 0.0262. The van der Waals surface area contributed by atoms with Crippen molar-refractivity contribution in [3.8, 4) is 0 Å². The van der Waals surface area contributed by atoms with Gasteiger partial charge >= 0.3 is 5.97 Å². The van der Waals surface area contributed by atoms with Crippen LogP contribution in [-0.4, -0.2) is 10.9 Å². The topological polar surface area (TPSA) is 69.4 Å². The Morgan fingerprint density at radius 1 is 1.23 bits per heavy atom. The fourth-order valence-corrected chi connectivity index (χ4v) is 1.69. The molecule has 0 radical (unpaired) electrons. The minimum atomic E-state index is -0.587. The van der Waals surface area contributed by atoms with E-state index in [1.165, 1.54) is 54.6 Å². The van der Waals surface area contributed by atoms with Gasteiger partial charge in [0.25, 0.3) is 5.69 Å². The number of non-ortho nitro benzene ring substituents is 1. The van der Waals surface area contributed by atoms with Crippen LogP contribution in [0.2, 0.25) is 0 Å². The molecule has 0 aliphatic rings. The van der Waals surface area contributed by atoms with Crippen LogP contribution >= 0.6 is 0 Å². The third kappa shape index (κ3) is 4.52. The normalized spacial score (nSPS) is 10.6. The summed E-state index contributed by atoms with van der Waals surface area (Å²) >= 11 is 0. The molecule has 2 aromatic rings. The summed E-state index contributed by atoms with van der Waals surface area (Å²) in [4.78, 5) is 21.7. The lowest BCUT2D eigenvalue weighted by Gasteiger charge is -2.02. The van der Waals surface area contributed by atoms with Crippen molar-refractivity contribution in [2.75, 3.05) is 0 Å². The van der Waals surface area contributed by atoms with Crippen LogP contribution in [0.25, 0.3) is 6.08 Å². The van der Waals surface area contributed by atoms with Gasteiger partial charge in [-0.1, -0.05) is 24.3 Å². The first-order valence-electron chi connectivity index (χ1n) is 6.38. The number of carbonyl (C=O) groups excluding carboxylic acids is 1. The molecule has 22 heavy (non-hydrogen) atoms. The molecule has 6 heteroatoms. The number of hydrogen-bond acceptors (Lipinski definition) is 4. The molecule has 0 aromatic heterocycles. The minimum Gasteiger partial charge on any atom is -0.458 e. The highest BCUT2D eigenvalue weighted by atomic mass is 19.1. The molecule has 0 saturated carbocycles. The van der Waals surface area contributed by atoms with Crippen molar-refractivity contribution < 1.29 is 18.8 Å². The number of hydrogen-bond donors (Lipinski definition) is 0. The molecule has 0 unspecified atom stereocenters. The second kappa shape index (κ2) is 7.12. The lowest BCUT2D eigenvalue weighted by Crippen LogP contribution is -2.00. The summed E-state index contributed by atoms with van der Waals surface area (Å²) < 4.78 is 17.7. The number of esters is 1. The maximum absolute atomic E-state index is 12.7. The molecule has 2 rings (SSSR count). The van der Waals surface area contributed by atoms with E-state index in [1.807, 2.05) is 0 Å². The summed E-state index contributed by atoms with van der Waals surface area (Å²) in [6, 6.07) is 11.5. The number of nitro groups is 1. The monoisotopic (exact) mass is 301 g/mol. The molecular weight excluding hydrogens is 289 g/mol. The zero-order chi connectivity index (χ0) is 15.9. The molecule has 0 aliphatic carbocycles. The predicted molar refractivity (Wildman–Crippen MR) is 78.3 cm³/mol. The first-order valence-corrected chi connectivity index (χ1v) is 6.38. The Kier molecular flexibility index (Phi) is 4.98. The van der Waals surface area contributed by atoms with Gasteiger partial charge in [0.2, 0.25) is 0 Å². The minimum absolute atomic E-state index is 0.0262. The lowest BCUT2D eigenvalue weighted by molar-refractivity contribution is -0.384. The molecular formula is C16H12FNO4. The number of nitro benzene ring substituents is 1. The highest BCUT2D eigenvalue weighted by molar-refractivity contribution is 5.87. The van der Waals surface area contributed by atoms with Gasteiger partial charge in [-0.25, -0.2) is 9.18 Å². The van der Waals surface area contributed by atoms with Gasteiger partial charge in [-0.15, -0.1) is 0 Å². The van der Waals surface area contributed by atoms with Crippen LogP contribution in [0, 0.1) is 15.9 Å². The maximum atomic E-state index is 12.7. The van der Waals surface area contributed by atoms with Crippen LogP contribution in [-0.2, 0) is 16.1 Å². The molecule has 2 aromatic carbocycles. The average molecular weight is 301 g/mol. The Morgan fingerprint density at radius 2 is 1.95 bits per heavy atom. The van der Waals surface area contributed by atoms with E-state index in [0.717, 1.165) is 0 Å². The summed E-state index contributed by atoms with van der Waals surface area (Å²) in [5.74, 6) is -0.948. The second-order valence-corrected chi connectivity index (χ2v) is 4.42. The van der Waals surface area contributed by atoms with Gasteiger partial charge in [-0.05, 0) is 29.3 Å². The van der Waals surface area contributed by atoms with Crippen LogP contribution < -0.4 is 0 Å². The standard InChI is InChI=1S/C16H12FNO4/c17-14-7-4-13(5-8-14)11-22-16(19)9-6-12-2-1-3-15(10-12)18(20)21/h1-10H,11H2. The zero-order valence-electron chi connectivity index (χ0n) is 11.4. The molecule has 0 atom stereocenters. The lowest BCUT2D eigenvalue weighted by atomic mass is 10.2. The van der Waals surface area contributed by atoms with E-state index in [9.17, 15) is 19.3 Å². The molecule has 0 saturated heterocycles. The second-order valence-electron chi connectivity index (χ2n) is 4.42. The Hall–Kier alpha value is -3.02. The molecule has 0 amide bonds. The summed E-state index contributed by atoms with van der Waals surface area (Å²) in [5, 5.41) is 10.6. The number of carbonyl (C=O) groups is 1. The van der Waals surface area contributed by atoms with Crippen LogP contribution in [0.3, 0.4) is 0 Å². The third-order valence-electron chi connectivity index (χ3n) is 2.79. The van der Waals surface area contributed by atoms with Gasteiger partial charge in [0.05, 0.1) is 4.92 Å². The van der Waals surface area contributed by atoms with Crippen molar-refractivity contribution in [2.24, 2.45) is 0 Å². The van der Waals surface area contributed by atoms with Gasteiger partial charge in [0.15, 0.2) is 0 Å². The van der Waals surface area contributed by atoms with Crippen molar-refractivity contribution in [1.82, 2.24) is 0 Å². The smallest absolute Gasteiger partial charge is 0.331 e. The molecule has 0 aliphatic heterocycles. The predicted octanol–water partition coefficient (Wildman–Crippen LogP) is 3.49. The van der Waals surface area contributed by atoms with E-state index in [-0.39, 0.29) is 18.1 Å². The first-order chi connectivity index (χ1) is 10.5. The summed E-state index contributed by atoms with van der Waals surface area (Å²) in [6.07, 6.45) is 2.61. The van der Waals surface area contributed by atoms with Crippen LogP contribution in [0.4, 0.5) is 10.1 Å². The van der Waals surface area contributed by atoms with Crippen molar-refractivity contribution in [1.29, 1.82) is 0 Å². The van der Waals surface area contributed by atoms with Crippen LogP contribution in [0.15, 0.2) is 54.6 Å². The quantitative estimate of drug-likeness (QED) is 0.367. The van der Waals surface area contributed by atoms with E-state index in [0.29, 0.717) is 11.1 Å². The van der Waals surface area contributed by atoms with E-state index in [4.69, 9.17) is 4.74 Å². The van der Waals surface area contributed by atoms with Crippen LogP contribution in [0.1, 0.15) is 11.1 Å². The number of nitrogens with zero attached hydrogens (tertiary/aromatic N) is 1. The Labute approximate surface area is 125 Å². The Balaban J connectivity index is 1.92. The SMILES string of the molecule is O=C(C=Cc1cccc([N+](=O)[O-])c1)OCc1ccc(F)cc1. The van der Waals surface area contributed by atoms with Gasteiger partial charge < -0.3 is 4.74 Å². The van der Waals surface area contributed by atoms with Gasteiger partial charge in [0, 0.05) is 18.2 Å². The molecule has 5 nitrogen and oxygen atoms in total. The maximum Gasteiger partial charge on any atom is 0.331 e. The van der Waals surface area contributed by atoms with E-state index < -0.39 is 10.9 Å². The summed E-state index contributed by atoms with van der Waals surface area (Å²) in [5.41, 5.74) is 1.13. The highest BCUT2D eigenvalue weighted by Gasteiger charge is 2.04. The van der Waals surface area contributed by atoms with Gasteiger partial charge in [-0.2, -0.15) is 0 Å².